The lowest BCUT2D eigenvalue weighted by Gasteiger charge is -2.53. The number of carboxylic acid groups (broad SMARTS) is 1. The number of ether oxygens (including phenoxy) is 1. The van der Waals surface area contributed by atoms with Gasteiger partial charge >= 0.3 is 11.9 Å². The minimum Gasteiger partial charge on any atom is -0.481 e. The Morgan fingerprint density at radius 1 is 1.13 bits per heavy atom. The van der Waals surface area contributed by atoms with Crippen LogP contribution in [0.15, 0.2) is 0 Å². The molecule has 1 N–H and O–H groups in total. The van der Waals surface area contributed by atoms with Gasteiger partial charge in [0.05, 0.1) is 0 Å². The van der Waals surface area contributed by atoms with E-state index in [0.717, 1.165) is 38.5 Å². The first-order chi connectivity index (χ1) is 10.8. The third-order valence-corrected chi connectivity index (χ3v) is 7.44. The van der Waals surface area contributed by atoms with Gasteiger partial charge < -0.3 is 9.84 Å². The molecule has 3 saturated carbocycles. The van der Waals surface area contributed by atoms with Crippen molar-refractivity contribution in [3.8, 4) is 0 Å². The van der Waals surface area contributed by atoms with Crippen molar-refractivity contribution < 1.29 is 19.4 Å². The summed E-state index contributed by atoms with van der Waals surface area (Å²) in [6, 6.07) is 0. The predicted molar refractivity (Wildman–Crippen MR) is 86.7 cm³/mol. The van der Waals surface area contributed by atoms with Gasteiger partial charge in [0.15, 0.2) is 0 Å². The Hall–Kier alpha value is -1.06. The lowest BCUT2D eigenvalue weighted by molar-refractivity contribution is -0.157. The van der Waals surface area contributed by atoms with E-state index in [2.05, 4.69) is 13.8 Å². The SMILES string of the molecule is CC(=O)O[C@H]1CC[C@H]2[C@@H]3CC[C@@H](CC(=O)O)[C@@H](C)[C@H]3CC[C@]12C. The van der Waals surface area contributed by atoms with E-state index < -0.39 is 5.97 Å². The normalized spacial score (nSPS) is 45.9. The Morgan fingerprint density at radius 3 is 2.52 bits per heavy atom. The molecule has 4 heteroatoms. The molecule has 3 rings (SSSR count). The van der Waals surface area contributed by atoms with Crippen LogP contribution >= 0.6 is 0 Å². The molecule has 7 atom stereocenters. The van der Waals surface area contributed by atoms with Crippen molar-refractivity contribution >= 4 is 11.9 Å². The fraction of sp³-hybridized carbons (Fsp3) is 0.895. The molecule has 0 aromatic rings. The second-order valence-electron chi connectivity index (χ2n) is 8.45. The third kappa shape index (κ3) is 2.89. The highest BCUT2D eigenvalue weighted by Gasteiger charge is 2.57. The monoisotopic (exact) mass is 322 g/mol. The van der Waals surface area contributed by atoms with E-state index in [9.17, 15) is 9.59 Å². The van der Waals surface area contributed by atoms with Gasteiger partial charge in [0, 0.05) is 18.8 Å². The van der Waals surface area contributed by atoms with E-state index in [0.29, 0.717) is 36.0 Å². The zero-order valence-electron chi connectivity index (χ0n) is 14.6. The maximum Gasteiger partial charge on any atom is 0.303 e. The lowest BCUT2D eigenvalue weighted by Crippen LogP contribution is -2.48. The number of hydrogen-bond acceptors (Lipinski definition) is 3. The number of carbonyl (C=O) groups excluding carboxylic acids is 1. The standard InChI is InChI=1S/C19H30O4/c1-11-13(10-18(21)22)4-5-15-14(11)8-9-19(3)16(15)6-7-17(19)23-12(2)20/h11,13-17H,4-10H2,1-3H3,(H,21,22)/t11-,13+,14-,15-,16+,17+,19+/m1/s1. The van der Waals surface area contributed by atoms with Gasteiger partial charge in [-0.15, -0.1) is 0 Å². The van der Waals surface area contributed by atoms with E-state index >= 15 is 0 Å². The molecule has 0 spiro atoms. The Morgan fingerprint density at radius 2 is 1.87 bits per heavy atom. The maximum atomic E-state index is 11.4. The van der Waals surface area contributed by atoms with Crippen LogP contribution in [0.25, 0.3) is 0 Å². The number of esters is 1. The average Bonchev–Trinajstić information content (AvgIpc) is 2.78. The molecule has 0 amide bonds. The van der Waals surface area contributed by atoms with Crippen molar-refractivity contribution in [2.45, 2.75) is 71.8 Å². The van der Waals surface area contributed by atoms with Gasteiger partial charge in [0.1, 0.15) is 6.10 Å². The Bertz CT molecular complexity index is 488. The van der Waals surface area contributed by atoms with Crippen molar-refractivity contribution in [2.24, 2.45) is 35.0 Å². The van der Waals surface area contributed by atoms with Crippen molar-refractivity contribution in [3.05, 3.63) is 0 Å². The molecule has 130 valence electrons. The van der Waals surface area contributed by atoms with E-state index in [4.69, 9.17) is 9.84 Å². The van der Waals surface area contributed by atoms with Crippen LogP contribution in [0.2, 0.25) is 0 Å². The molecule has 0 heterocycles. The van der Waals surface area contributed by atoms with E-state index in [1.54, 1.807) is 0 Å². The highest BCUT2D eigenvalue weighted by atomic mass is 16.5. The Labute approximate surface area is 139 Å². The average molecular weight is 322 g/mol. The van der Waals surface area contributed by atoms with Crippen molar-refractivity contribution in [1.82, 2.24) is 0 Å². The molecule has 3 fully saturated rings. The summed E-state index contributed by atoms with van der Waals surface area (Å²) in [5, 5.41) is 9.14. The molecular weight excluding hydrogens is 292 g/mol. The molecule has 0 aliphatic heterocycles. The summed E-state index contributed by atoms with van der Waals surface area (Å²) < 4.78 is 5.65. The quantitative estimate of drug-likeness (QED) is 0.801. The summed E-state index contributed by atoms with van der Waals surface area (Å²) in [5.74, 6) is 2.01. The number of hydrogen-bond donors (Lipinski definition) is 1. The Kier molecular flexibility index (Phi) is 4.45. The van der Waals surface area contributed by atoms with Gasteiger partial charge in [0.25, 0.3) is 0 Å². The smallest absolute Gasteiger partial charge is 0.303 e. The zero-order chi connectivity index (χ0) is 16.8. The third-order valence-electron chi connectivity index (χ3n) is 7.44. The number of aliphatic carboxylic acids is 1. The first kappa shape index (κ1) is 16.8. The second kappa shape index (κ2) is 6.10. The summed E-state index contributed by atoms with van der Waals surface area (Å²) in [4.78, 5) is 22.5. The summed E-state index contributed by atoms with van der Waals surface area (Å²) in [6.07, 6.45) is 7.02. The van der Waals surface area contributed by atoms with E-state index in [-0.39, 0.29) is 17.5 Å². The molecule has 0 aromatic heterocycles. The van der Waals surface area contributed by atoms with Crippen molar-refractivity contribution in [3.63, 3.8) is 0 Å². The summed E-state index contributed by atoms with van der Waals surface area (Å²) >= 11 is 0. The summed E-state index contributed by atoms with van der Waals surface area (Å²) in [5.41, 5.74) is 0.131. The Balaban J connectivity index is 1.74. The highest BCUT2D eigenvalue weighted by Crippen LogP contribution is 2.61. The van der Waals surface area contributed by atoms with Gasteiger partial charge in [-0.25, -0.2) is 0 Å². The summed E-state index contributed by atoms with van der Waals surface area (Å²) in [7, 11) is 0. The fourth-order valence-electron chi connectivity index (χ4n) is 6.26. The topological polar surface area (TPSA) is 63.6 Å². The van der Waals surface area contributed by atoms with Crippen LogP contribution in [0.1, 0.15) is 65.7 Å². The van der Waals surface area contributed by atoms with Gasteiger partial charge in [0.2, 0.25) is 0 Å². The number of rotatable bonds is 3. The van der Waals surface area contributed by atoms with Crippen LogP contribution in [0, 0.1) is 35.0 Å². The van der Waals surface area contributed by atoms with Crippen LogP contribution in [0.5, 0.6) is 0 Å². The minimum atomic E-state index is -0.656. The zero-order valence-corrected chi connectivity index (χ0v) is 14.6. The lowest BCUT2D eigenvalue weighted by atomic mass is 9.52. The number of carbonyl (C=O) groups is 2. The molecule has 0 saturated heterocycles. The van der Waals surface area contributed by atoms with Gasteiger partial charge in [-0.2, -0.15) is 0 Å². The van der Waals surface area contributed by atoms with Gasteiger partial charge in [-0.3, -0.25) is 9.59 Å². The van der Waals surface area contributed by atoms with E-state index in [1.165, 1.54) is 6.92 Å². The predicted octanol–water partition coefficient (Wildman–Crippen LogP) is 3.88. The van der Waals surface area contributed by atoms with Crippen LogP contribution in [0.3, 0.4) is 0 Å². The molecule has 23 heavy (non-hydrogen) atoms. The number of carboxylic acids is 1. The first-order valence-corrected chi connectivity index (χ1v) is 9.22. The first-order valence-electron chi connectivity index (χ1n) is 9.22. The van der Waals surface area contributed by atoms with Gasteiger partial charge in [-0.05, 0) is 68.1 Å². The molecule has 3 aliphatic carbocycles. The molecule has 0 aromatic carbocycles. The molecule has 0 bridgehead atoms. The molecule has 4 nitrogen and oxygen atoms in total. The van der Waals surface area contributed by atoms with Crippen LogP contribution < -0.4 is 0 Å². The number of fused-ring (bicyclic) bond motifs is 3. The molecule has 3 aliphatic rings. The second-order valence-corrected chi connectivity index (χ2v) is 8.45. The van der Waals surface area contributed by atoms with Crippen LogP contribution in [-0.4, -0.2) is 23.1 Å². The summed E-state index contributed by atoms with van der Waals surface area (Å²) in [6.45, 7) is 6.11. The van der Waals surface area contributed by atoms with Crippen molar-refractivity contribution in [1.29, 1.82) is 0 Å². The van der Waals surface area contributed by atoms with Gasteiger partial charge in [-0.1, -0.05) is 13.8 Å². The minimum absolute atomic E-state index is 0.0815. The largest absolute Gasteiger partial charge is 0.481 e. The van der Waals surface area contributed by atoms with Crippen LogP contribution in [-0.2, 0) is 14.3 Å². The van der Waals surface area contributed by atoms with Crippen LogP contribution in [0.4, 0.5) is 0 Å². The maximum absolute atomic E-state index is 11.4. The fourth-order valence-corrected chi connectivity index (χ4v) is 6.26. The molecule has 0 unspecified atom stereocenters. The van der Waals surface area contributed by atoms with Crippen molar-refractivity contribution in [2.75, 3.05) is 0 Å². The highest BCUT2D eigenvalue weighted by molar-refractivity contribution is 5.67. The van der Waals surface area contributed by atoms with E-state index in [1.807, 2.05) is 0 Å². The molecule has 0 radical (unpaired) electrons. The molecular formula is C19H30O4.